The maximum absolute atomic E-state index is 11.8. The molecule has 0 radical (unpaired) electrons. The lowest BCUT2D eigenvalue weighted by molar-refractivity contribution is 1.18. The average Bonchev–Trinajstić information content (AvgIpc) is 2.79. The van der Waals surface area contributed by atoms with Crippen LogP contribution >= 0.6 is 11.3 Å². The first kappa shape index (κ1) is 9.79. The molecule has 0 aliphatic rings. The number of nitrogens with one attached hydrogen (secondary N) is 1. The maximum atomic E-state index is 11.8. The van der Waals surface area contributed by atoms with E-state index in [1.807, 2.05) is 12.1 Å². The third-order valence-electron chi connectivity index (χ3n) is 3.15. The van der Waals surface area contributed by atoms with Gasteiger partial charge in [0.15, 0.2) is 0 Å². The van der Waals surface area contributed by atoms with Crippen LogP contribution in [0.15, 0.2) is 47.5 Å². The van der Waals surface area contributed by atoms with Gasteiger partial charge < -0.3 is 4.98 Å². The summed E-state index contributed by atoms with van der Waals surface area (Å²) in [5.74, 6) is 0. The quantitative estimate of drug-likeness (QED) is 0.522. The van der Waals surface area contributed by atoms with Crippen LogP contribution in [0, 0.1) is 0 Å². The highest BCUT2D eigenvalue weighted by Gasteiger charge is 2.11. The molecule has 2 aromatic carbocycles. The average molecular weight is 252 g/mol. The Kier molecular flexibility index (Phi) is 1.85. The number of H-pyrrole nitrogens is 1. The van der Waals surface area contributed by atoms with E-state index in [1.54, 1.807) is 0 Å². The lowest BCUT2D eigenvalue weighted by Crippen LogP contribution is -2.03. The standard InChI is InChI=1S/C14H8N2OS/c17-14-13-12(15-7-16-14)11-9-4-2-1-3-8(9)5-6-10(11)18-13/h1-7H,(H,15,16,17). The van der Waals surface area contributed by atoms with Crippen LogP contribution < -0.4 is 5.56 Å². The topological polar surface area (TPSA) is 45.8 Å². The normalized spacial score (nSPS) is 11.6. The molecule has 4 heteroatoms. The zero-order valence-corrected chi connectivity index (χ0v) is 10.1. The van der Waals surface area contributed by atoms with Crippen molar-refractivity contribution >= 4 is 42.4 Å². The Morgan fingerprint density at radius 1 is 1.11 bits per heavy atom. The van der Waals surface area contributed by atoms with E-state index in [9.17, 15) is 4.79 Å². The maximum Gasteiger partial charge on any atom is 0.268 e. The number of thiophene rings is 1. The number of hydrogen-bond donors (Lipinski definition) is 1. The zero-order valence-electron chi connectivity index (χ0n) is 9.31. The molecule has 4 aromatic rings. The van der Waals surface area contributed by atoms with Crippen LogP contribution in [0.4, 0.5) is 0 Å². The van der Waals surface area contributed by atoms with Gasteiger partial charge in [-0.2, -0.15) is 0 Å². The highest BCUT2D eigenvalue weighted by molar-refractivity contribution is 7.25. The van der Waals surface area contributed by atoms with Crippen LogP contribution in [0.3, 0.4) is 0 Å². The van der Waals surface area contributed by atoms with Crippen LogP contribution in [0.2, 0.25) is 0 Å². The fourth-order valence-electron chi connectivity index (χ4n) is 2.35. The van der Waals surface area contributed by atoms with E-state index in [1.165, 1.54) is 23.1 Å². The molecule has 0 bridgehead atoms. The fraction of sp³-hybridized carbons (Fsp3) is 0. The summed E-state index contributed by atoms with van der Waals surface area (Å²) in [6, 6.07) is 12.3. The van der Waals surface area contributed by atoms with Gasteiger partial charge in [-0.25, -0.2) is 4.98 Å². The number of hydrogen-bond acceptors (Lipinski definition) is 3. The SMILES string of the molecule is O=c1[nH]cnc2c1sc1ccc3ccccc3c12. The molecule has 4 rings (SSSR count). The van der Waals surface area contributed by atoms with Crippen LogP contribution in [-0.2, 0) is 0 Å². The van der Waals surface area contributed by atoms with Crippen molar-refractivity contribution in [2.75, 3.05) is 0 Å². The van der Waals surface area contributed by atoms with Gasteiger partial charge in [0.25, 0.3) is 5.56 Å². The summed E-state index contributed by atoms with van der Waals surface area (Å²) in [7, 11) is 0. The van der Waals surface area contributed by atoms with Crippen molar-refractivity contribution in [1.29, 1.82) is 0 Å². The second-order valence-electron chi connectivity index (χ2n) is 4.17. The van der Waals surface area contributed by atoms with Gasteiger partial charge >= 0.3 is 0 Å². The van der Waals surface area contributed by atoms with Crippen molar-refractivity contribution in [3.05, 3.63) is 53.1 Å². The monoisotopic (exact) mass is 252 g/mol. The molecule has 18 heavy (non-hydrogen) atoms. The molecule has 0 aliphatic heterocycles. The van der Waals surface area contributed by atoms with E-state index < -0.39 is 0 Å². The molecule has 0 fully saturated rings. The molecule has 3 nitrogen and oxygen atoms in total. The molecule has 2 aromatic heterocycles. The van der Waals surface area contributed by atoms with Crippen molar-refractivity contribution in [3.63, 3.8) is 0 Å². The molecule has 0 unspecified atom stereocenters. The Hall–Kier alpha value is -2.20. The van der Waals surface area contributed by atoms with E-state index >= 15 is 0 Å². The summed E-state index contributed by atoms with van der Waals surface area (Å²) in [5, 5.41) is 3.41. The third kappa shape index (κ3) is 1.18. The molecule has 1 N–H and O–H groups in total. The number of rotatable bonds is 0. The van der Waals surface area contributed by atoms with Gasteiger partial charge in [0.2, 0.25) is 0 Å². The molecule has 0 saturated heterocycles. The van der Waals surface area contributed by atoms with Gasteiger partial charge in [-0.3, -0.25) is 4.79 Å². The van der Waals surface area contributed by atoms with E-state index in [4.69, 9.17) is 0 Å². The second-order valence-corrected chi connectivity index (χ2v) is 5.22. The first-order valence-electron chi connectivity index (χ1n) is 5.62. The van der Waals surface area contributed by atoms with Gasteiger partial charge in [0.05, 0.1) is 11.8 Å². The molecular formula is C14H8N2OS. The van der Waals surface area contributed by atoms with Crippen molar-refractivity contribution in [2.45, 2.75) is 0 Å². The van der Waals surface area contributed by atoms with Crippen LogP contribution in [0.5, 0.6) is 0 Å². The molecule has 86 valence electrons. The first-order chi connectivity index (χ1) is 8.84. The van der Waals surface area contributed by atoms with Crippen LogP contribution in [0.1, 0.15) is 0 Å². The van der Waals surface area contributed by atoms with E-state index in [-0.39, 0.29) is 5.56 Å². The van der Waals surface area contributed by atoms with E-state index in [0.717, 1.165) is 21.0 Å². The number of aromatic nitrogens is 2. The summed E-state index contributed by atoms with van der Waals surface area (Å²) >= 11 is 1.50. The molecule has 0 saturated carbocycles. The van der Waals surface area contributed by atoms with Crippen molar-refractivity contribution < 1.29 is 0 Å². The Bertz CT molecular complexity index is 952. The predicted molar refractivity (Wildman–Crippen MR) is 75.3 cm³/mol. The van der Waals surface area contributed by atoms with Crippen LogP contribution in [0.25, 0.3) is 31.1 Å². The molecule has 2 heterocycles. The van der Waals surface area contributed by atoms with E-state index in [0.29, 0.717) is 4.70 Å². The van der Waals surface area contributed by atoms with Gasteiger partial charge in [-0.1, -0.05) is 30.3 Å². The Morgan fingerprint density at radius 2 is 2.00 bits per heavy atom. The highest BCUT2D eigenvalue weighted by Crippen LogP contribution is 2.35. The third-order valence-corrected chi connectivity index (χ3v) is 4.29. The highest BCUT2D eigenvalue weighted by atomic mass is 32.1. The molecule has 0 atom stereocenters. The minimum atomic E-state index is -0.0646. The molecule has 0 aliphatic carbocycles. The lowest BCUT2D eigenvalue weighted by Gasteiger charge is -1.98. The summed E-state index contributed by atoms with van der Waals surface area (Å²) in [4.78, 5) is 18.8. The fourth-order valence-corrected chi connectivity index (χ4v) is 3.42. The summed E-state index contributed by atoms with van der Waals surface area (Å²) in [5.41, 5.74) is 0.737. The summed E-state index contributed by atoms with van der Waals surface area (Å²) in [6.07, 6.45) is 1.47. The molecule has 0 spiro atoms. The molecular weight excluding hydrogens is 244 g/mol. The van der Waals surface area contributed by atoms with E-state index in [2.05, 4.69) is 34.2 Å². The van der Waals surface area contributed by atoms with Gasteiger partial charge in [0.1, 0.15) is 4.70 Å². The number of aromatic amines is 1. The van der Waals surface area contributed by atoms with Gasteiger partial charge in [-0.05, 0) is 16.8 Å². The largest absolute Gasteiger partial charge is 0.312 e. The number of fused-ring (bicyclic) bond motifs is 5. The molecule has 0 amide bonds. The minimum Gasteiger partial charge on any atom is -0.312 e. The Labute approximate surface area is 106 Å². The number of benzene rings is 2. The summed E-state index contributed by atoms with van der Waals surface area (Å²) in [6.45, 7) is 0. The Morgan fingerprint density at radius 3 is 2.94 bits per heavy atom. The zero-order chi connectivity index (χ0) is 12.1. The summed E-state index contributed by atoms with van der Waals surface area (Å²) < 4.78 is 1.80. The predicted octanol–water partition coefficient (Wildman–Crippen LogP) is 3.29. The lowest BCUT2D eigenvalue weighted by atomic mass is 10.1. The first-order valence-corrected chi connectivity index (χ1v) is 6.44. The van der Waals surface area contributed by atoms with Crippen LogP contribution in [-0.4, -0.2) is 9.97 Å². The van der Waals surface area contributed by atoms with Crippen molar-refractivity contribution in [1.82, 2.24) is 9.97 Å². The van der Waals surface area contributed by atoms with Gasteiger partial charge in [0, 0.05) is 10.1 Å². The minimum absolute atomic E-state index is 0.0646. The Balaban J connectivity index is 2.41. The van der Waals surface area contributed by atoms with Crippen molar-refractivity contribution in [3.8, 4) is 0 Å². The van der Waals surface area contributed by atoms with Crippen molar-refractivity contribution in [2.24, 2.45) is 0 Å². The van der Waals surface area contributed by atoms with Gasteiger partial charge in [-0.15, -0.1) is 11.3 Å². The smallest absolute Gasteiger partial charge is 0.268 e. The second kappa shape index (κ2) is 3.40. The number of nitrogens with zero attached hydrogens (tertiary/aromatic N) is 1.